The Balaban J connectivity index is 1.61. The molecule has 1 aliphatic rings. The van der Waals surface area contributed by atoms with Gasteiger partial charge in [-0.15, -0.1) is 0 Å². The highest BCUT2D eigenvalue weighted by Crippen LogP contribution is 2.25. The molecule has 1 unspecified atom stereocenters. The van der Waals surface area contributed by atoms with E-state index in [2.05, 4.69) is 10.6 Å². The molecule has 34 heavy (non-hydrogen) atoms. The van der Waals surface area contributed by atoms with Gasteiger partial charge >= 0.3 is 0 Å². The van der Waals surface area contributed by atoms with Gasteiger partial charge < -0.3 is 10.6 Å². The van der Waals surface area contributed by atoms with Crippen molar-refractivity contribution in [2.45, 2.75) is 57.9 Å². The summed E-state index contributed by atoms with van der Waals surface area (Å²) >= 11 is 0. The predicted molar refractivity (Wildman–Crippen MR) is 134 cm³/mol. The van der Waals surface area contributed by atoms with Crippen molar-refractivity contribution in [3.63, 3.8) is 0 Å². The van der Waals surface area contributed by atoms with Gasteiger partial charge in [0.15, 0.2) is 0 Å². The number of piperidine rings is 1. The van der Waals surface area contributed by atoms with E-state index in [0.29, 0.717) is 12.8 Å². The van der Waals surface area contributed by atoms with Gasteiger partial charge in [-0.2, -0.15) is 4.31 Å². The second kappa shape index (κ2) is 11.1. The van der Waals surface area contributed by atoms with E-state index in [1.807, 2.05) is 52.0 Å². The van der Waals surface area contributed by atoms with E-state index in [9.17, 15) is 18.0 Å². The van der Waals surface area contributed by atoms with Gasteiger partial charge in [-0.3, -0.25) is 9.59 Å². The van der Waals surface area contributed by atoms with E-state index in [4.69, 9.17) is 0 Å². The van der Waals surface area contributed by atoms with Gasteiger partial charge in [0.05, 0.1) is 4.90 Å². The lowest BCUT2D eigenvalue weighted by atomic mass is 9.95. The molecule has 1 heterocycles. The van der Waals surface area contributed by atoms with E-state index in [-0.39, 0.29) is 41.6 Å². The number of carbonyl (C=O) groups is 2. The van der Waals surface area contributed by atoms with Crippen molar-refractivity contribution in [1.82, 2.24) is 9.62 Å². The predicted octanol–water partition coefficient (Wildman–Crippen LogP) is 3.74. The highest BCUT2D eigenvalue weighted by molar-refractivity contribution is 7.89. The highest BCUT2D eigenvalue weighted by Gasteiger charge is 2.34. The molecule has 0 radical (unpaired) electrons. The van der Waals surface area contributed by atoms with E-state index in [0.717, 1.165) is 23.2 Å². The van der Waals surface area contributed by atoms with Crippen LogP contribution in [0.5, 0.6) is 0 Å². The van der Waals surface area contributed by atoms with Gasteiger partial charge in [-0.25, -0.2) is 8.42 Å². The third-order valence-corrected chi connectivity index (χ3v) is 8.30. The quantitative estimate of drug-likeness (QED) is 0.595. The van der Waals surface area contributed by atoms with Crippen LogP contribution in [0.2, 0.25) is 0 Å². The fourth-order valence-corrected chi connectivity index (χ4v) is 5.65. The maximum atomic E-state index is 13.0. The molecule has 2 aromatic rings. The molecule has 3 rings (SSSR count). The molecule has 1 aliphatic heterocycles. The number of amides is 2. The Morgan fingerprint density at radius 2 is 1.65 bits per heavy atom. The highest BCUT2D eigenvalue weighted by atomic mass is 32.2. The molecule has 0 bridgehead atoms. The number of nitrogens with zero attached hydrogens (tertiary/aromatic N) is 1. The maximum absolute atomic E-state index is 13.0. The molecule has 1 saturated heterocycles. The Bertz CT molecular complexity index is 1110. The first-order valence-electron chi connectivity index (χ1n) is 11.9. The SMILES string of the molecule is CCc1ccccc1NC(=O)C(NC(=O)C1CCN(S(=O)(=O)c2ccc(C)cc2)CC1)C(C)C. The van der Waals surface area contributed by atoms with Crippen molar-refractivity contribution in [2.75, 3.05) is 18.4 Å². The summed E-state index contributed by atoms with van der Waals surface area (Å²) in [5, 5.41) is 5.88. The lowest BCUT2D eigenvalue weighted by molar-refractivity contribution is -0.130. The second-order valence-electron chi connectivity index (χ2n) is 9.22. The Morgan fingerprint density at radius 3 is 2.24 bits per heavy atom. The summed E-state index contributed by atoms with van der Waals surface area (Å²) in [6.07, 6.45) is 1.63. The molecular formula is C26H35N3O4S. The average Bonchev–Trinajstić information content (AvgIpc) is 2.82. The molecule has 7 nitrogen and oxygen atoms in total. The smallest absolute Gasteiger partial charge is 0.247 e. The van der Waals surface area contributed by atoms with Crippen LogP contribution in [-0.2, 0) is 26.0 Å². The number of carbonyl (C=O) groups excluding carboxylic acids is 2. The number of aryl methyl sites for hydroxylation is 2. The van der Waals surface area contributed by atoms with Gasteiger partial charge in [-0.05, 0) is 55.9 Å². The first kappa shape index (κ1) is 25.9. The van der Waals surface area contributed by atoms with Crippen molar-refractivity contribution in [1.29, 1.82) is 0 Å². The molecule has 1 atom stereocenters. The van der Waals surface area contributed by atoms with Crippen molar-refractivity contribution in [3.8, 4) is 0 Å². The molecular weight excluding hydrogens is 450 g/mol. The summed E-state index contributed by atoms with van der Waals surface area (Å²) in [5.74, 6) is -0.880. The van der Waals surface area contributed by atoms with E-state index in [1.54, 1.807) is 24.3 Å². The lowest BCUT2D eigenvalue weighted by Gasteiger charge is -2.32. The zero-order valence-electron chi connectivity index (χ0n) is 20.4. The van der Waals surface area contributed by atoms with Crippen LogP contribution in [0.1, 0.15) is 44.7 Å². The number of hydrogen-bond acceptors (Lipinski definition) is 4. The third kappa shape index (κ3) is 6.04. The fourth-order valence-electron chi connectivity index (χ4n) is 4.18. The number of benzene rings is 2. The number of nitrogens with one attached hydrogen (secondary N) is 2. The summed E-state index contributed by atoms with van der Waals surface area (Å²) in [6, 6.07) is 13.8. The Labute approximate surface area is 203 Å². The summed E-state index contributed by atoms with van der Waals surface area (Å²) < 4.78 is 27.3. The maximum Gasteiger partial charge on any atom is 0.247 e. The van der Waals surface area contributed by atoms with Gasteiger partial charge in [0.1, 0.15) is 6.04 Å². The Kier molecular flexibility index (Phi) is 8.49. The molecule has 0 aliphatic carbocycles. The van der Waals surface area contributed by atoms with Gasteiger partial charge in [0.25, 0.3) is 0 Å². The fraction of sp³-hybridized carbons (Fsp3) is 0.462. The number of hydrogen-bond donors (Lipinski definition) is 2. The van der Waals surface area contributed by atoms with E-state index >= 15 is 0 Å². The molecule has 2 aromatic carbocycles. The molecule has 8 heteroatoms. The molecule has 0 aromatic heterocycles. The molecule has 2 N–H and O–H groups in total. The summed E-state index contributed by atoms with van der Waals surface area (Å²) in [6.45, 7) is 8.28. The van der Waals surface area contributed by atoms with Crippen molar-refractivity contribution in [2.24, 2.45) is 11.8 Å². The van der Waals surface area contributed by atoms with Gasteiger partial charge in [0, 0.05) is 24.7 Å². The van der Waals surface area contributed by atoms with Crippen LogP contribution in [0.25, 0.3) is 0 Å². The summed E-state index contributed by atoms with van der Waals surface area (Å²) in [4.78, 5) is 26.3. The minimum atomic E-state index is -3.58. The normalized spacial score (nSPS) is 16.3. The number of anilines is 1. The molecule has 0 spiro atoms. The average molecular weight is 486 g/mol. The van der Waals surface area contributed by atoms with Crippen LogP contribution in [0, 0.1) is 18.8 Å². The van der Waals surface area contributed by atoms with Crippen LogP contribution in [0.3, 0.4) is 0 Å². The number of rotatable bonds is 8. The molecule has 0 saturated carbocycles. The van der Waals surface area contributed by atoms with Crippen molar-refractivity contribution < 1.29 is 18.0 Å². The minimum absolute atomic E-state index is 0.0975. The third-order valence-electron chi connectivity index (χ3n) is 6.39. The van der Waals surface area contributed by atoms with Crippen LogP contribution in [-0.4, -0.2) is 43.7 Å². The zero-order valence-corrected chi connectivity index (χ0v) is 21.2. The topological polar surface area (TPSA) is 95.6 Å². The van der Waals surface area contributed by atoms with Crippen molar-refractivity contribution >= 4 is 27.5 Å². The zero-order chi connectivity index (χ0) is 24.9. The standard InChI is InChI=1S/C26H35N3O4S/c1-5-20-8-6-7-9-23(20)27-26(31)24(18(2)3)28-25(30)21-14-16-29(17-15-21)34(32,33)22-12-10-19(4)11-13-22/h6-13,18,21,24H,5,14-17H2,1-4H3,(H,27,31)(H,28,30). The Hall–Kier alpha value is -2.71. The molecule has 1 fully saturated rings. The van der Waals surface area contributed by atoms with Crippen LogP contribution in [0.15, 0.2) is 53.4 Å². The minimum Gasteiger partial charge on any atom is -0.344 e. The first-order chi connectivity index (χ1) is 16.1. The largest absolute Gasteiger partial charge is 0.344 e. The number of sulfonamides is 1. The lowest BCUT2D eigenvalue weighted by Crippen LogP contribution is -2.51. The molecule has 2 amide bonds. The summed E-state index contributed by atoms with van der Waals surface area (Å²) in [5.41, 5.74) is 2.78. The van der Waals surface area contributed by atoms with Gasteiger partial charge in [-0.1, -0.05) is 56.7 Å². The first-order valence-corrected chi connectivity index (χ1v) is 13.3. The summed E-state index contributed by atoms with van der Waals surface area (Å²) in [7, 11) is -3.58. The van der Waals surface area contributed by atoms with E-state index < -0.39 is 16.1 Å². The van der Waals surface area contributed by atoms with Crippen LogP contribution >= 0.6 is 0 Å². The molecule has 184 valence electrons. The Morgan fingerprint density at radius 1 is 1.03 bits per heavy atom. The van der Waals surface area contributed by atoms with Crippen molar-refractivity contribution in [3.05, 3.63) is 59.7 Å². The number of para-hydroxylation sites is 1. The van der Waals surface area contributed by atoms with Gasteiger partial charge in [0.2, 0.25) is 21.8 Å². The van der Waals surface area contributed by atoms with Crippen LogP contribution in [0.4, 0.5) is 5.69 Å². The monoisotopic (exact) mass is 485 g/mol. The second-order valence-corrected chi connectivity index (χ2v) is 11.2. The van der Waals surface area contributed by atoms with Crippen LogP contribution < -0.4 is 10.6 Å². The van der Waals surface area contributed by atoms with E-state index in [1.165, 1.54) is 4.31 Å².